The first-order valence-corrected chi connectivity index (χ1v) is 7.48. The molecule has 0 saturated carbocycles. The number of amides is 2. The van der Waals surface area contributed by atoms with E-state index in [9.17, 15) is 14.4 Å². The summed E-state index contributed by atoms with van der Waals surface area (Å²) in [5.74, 6) is 0.134. The van der Waals surface area contributed by atoms with E-state index in [2.05, 4.69) is 10.1 Å². The number of nitrogens with one attached hydrogen (secondary N) is 1. The van der Waals surface area contributed by atoms with Gasteiger partial charge in [0.05, 0.1) is 12.7 Å². The van der Waals surface area contributed by atoms with Crippen LogP contribution in [0.1, 0.15) is 16.8 Å². The highest BCUT2D eigenvalue weighted by atomic mass is 32.2. The number of hydrogen-bond acceptors (Lipinski definition) is 5. The van der Waals surface area contributed by atoms with Crippen molar-refractivity contribution in [1.82, 2.24) is 4.90 Å². The molecular formula is C14H16N2O4S. The lowest BCUT2D eigenvalue weighted by Crippen LogP contribution is -2.27. The summed E-state index contributed by atoms with van der Waals surface area (Å²) in [7, 11) is 1.30. The normalized spacial score (nSPS) is 14.1. The minimum absolute atomic E-state index is 0.0236. The molecule has 1 aliphatic heterocycles. The van der Waals surface area contributed by atoms with Crippen LogP contribution >= 0.6 is 11.8 Å². The maximum Gasteiger partial charge on any atom is 0.337 e. The standard InChI is InChI=1S/C14H16N2O4S/c1-20-13(18)10-3-2-4-11(9-10)15-12(17)5-6-16-7-8-21-14(16)19/h2-4,9H,5-8H2,1H3,(H,15,17). The summed E-state index contributed by atoms with van der Waals surface area (Å²) in [4.78, 5) is 36.3. The molecule has 0 aromatic heterocycles. The molecule has 0 bridgehead atoms. The Kier molecular flexibility index (Phi) is 5.21. The molecule has 1 saturated heterocycles. The van der Waals surface area contributed by atoms with Gasteiger partial charge < -0.3 is 15.0 Å². The van der Waals surface area contributed by atoms with Crippen molar-refractivity contribution < 1.29 is 19.1 Å². The molecule has 1 aromatic rings. The second-order valence-electron chi connectivity index (χ2n) is 4.47. The Balaban J connectivity index is 1.87. The van der Waals surface area contributed by atoms with E-state index in [-0.39, 0.29) is 17.6 Å². The third-order valence-electron chi connectivity index (χ3n) is 3.02. The van der Waals surface area contributed by atoms with Crippen molar-refractivity contribution in [3.05, 3.63) is 29.8 Å². The van der Waals surface area contributed by atoms with Crippen molar-refractivity contribution in [3.63, 3.8) is 0 Å². The van der Waals surface area contributed by atoms with Crippen LogP contribution in [0.5, 0.6) is 0 Å². The topological polar surface area (TPSA) is 75.7 Å². The van der Waals surface area contributed by atoms with Gasteiger partial charge in [0.15, 0.2) is 0 Å². The minimum Gasteiger partial charge on any atom is -0.465 e. The van der Waals surface area contributed by atoms with Crippen LogP contribution in [-0.4, -0.2) is 48.0 Å². The third-order valence-corrected chi connectivity index (χ3v) is 3.91. The first-order chi connectivity index (χ1) is 10.1. The van der Waals surface area contributed by atoms with Crippen molar-refractivity contribution in [2.75, 3.05) is 31.3 Å². The number of carbonyl (C=O) groups excluding carboxylic acids is 3. The zero-order chi connectivity index (χ0) is 15.2. The molecule has 2 amide bonds. The Hall–Kier alpha value is -2.02. The summed E-state index contributed by atoms with van der Waals surface area (Å²) >= 11 is 1.27. The van der Waals surface area contributed by atoms with Gasteiger partial charge in [-0.3, -0.25) is 9.59 Å². The summed E-state index contributed by atoms with van der Waals surface area (Å²) in [6.07, 6.45) is 0.231. The number of esters is 1. The van der Waals surface area contributed by atoms with E-state index in [1.807, 2.05) is 0 Å². The second-order valence-corrected chi connectivity index (χ2v) is 5.52. The predicted molar refractivity (Wildman–Crippen MR) is 80.5 cm³/mol. The van der Waals surface area contributed by atoms with Gasteiger partial charge in [0.2, 0.25) is 5.91 Å². The fraction of sp³-hybridized carbons (Fsp3) is 0.357. The number of rotatable bonds is 5. The summed E-state index contributed by atoms with van der Waals surface area (Å²) in [6, 6.07) is 6.53. The summed E-state index contributed by atoms with van der Waals surface area (Å²) < 4.78 is 4.62. The maximum absolute atomic E-state index is 11.9. The van der Waals surface area contributed by atoms with E-state index in [4.69, 9.17) is 0 Å². The largest absolute Gasteiger partial charge is 0.465 e. The Labute approximate surface area is 126 Å². The third kappa shape index (κ3) is 4.22. The van der Waals surface area contributed by atoms with Crippen molar-refractivity contribution >= 4 is 34.6 Å². The number of nitrogens with zero attached hydrogens (tertiary/aromatic N) is 1. The molecule has 2 rings (SSSR count). The average molecular weight is 308 g/mol. The SMILES string of the molecule is COC(=O)c1cccc(NC(=O)CCN2CCSC2=O)c1. The maximum atomic E-state index is 11.9. The lowest BCUT2D eigenvalue weighted by Gasteiger charge is -2.14. The van der Waals surface area contributed by atoms with Gasteiger partial charge in [0, 0.05) is 31.0 Å². The molecule has 112 valence electrons. The smallest absolute Gasteiger partial charge is 0.337 e. The van der Waals surface area contributed by atoms with Crippen molar-refractivity contribution in [2.45, 2.75) is 6.42 Å². The number of anilines is 1. The number of ether oxygens (including phenoxy) is 1. The molecule has 1 aromatic carbocycles. The van der Waals surface area contributed by atoms with Gasteiger partial charge in [0.25, 0.3) is 5.24 Å². The quantitative estimate of drug-likeness (QED) is 0.842. The second kappa shape index (κ2) is 7.12. The fourth-order valence-corrected chi connectivity index (χ4v) is 2.78. The van der Waals surface area contributed by atoms with E-state index in [1.165, 1.54) is 18.9 Å². The van der Waals surface area contributed by atoms with E-state index < -0.39 is 5.97 Å². The zero-order valence-electron chi connectivity index (χ0n) is 11.6. The van der Waals surface area contributed by atoms with Crippen LogP contribution in [0.3, 0.4) is 0 Å². The Morgan fingerprint density at radius 1 is 1.43 bits per heavy atom. The average Bonchev–Trinajstić information content (AvgIpc) is 2.90. The van der Waals surface area contributed by atoms with Gasteiger partial charge in [-0.1, -0.05) is 17.8 Å². The van der Waals surface area contributed by atoms with Gasteiger partial charge >= 0.3 is 5.97 Å². The molecule has 0 aliphatic carbocycles. The van der Waals surface area contributed by atoms with E-state index in [0.29, 0.717) is 24.3 Å². The van der Waals surface area contributed by atoms with E-state index in [1.54, 1.807) is 29.2 Å². The Morgan fingerprint density at radius 2 is 2.24 bits per heavy atom. The van der Waals surface area contributed by atoms with Crippen LogP contribution in [0.2, 0.25) is 0 Å². The van der Waals surface area contributed by atoms with Crippen LogP contribution in [0.4, 0.5) is 10.5 Å². The molecule has 21 heavy (non-hydrogen) atoms. The molecule has 0 unspecified atom stereocenters. The minimum atomic E-state index is -0.453. The highest BCUT2D eigenvalue weighted by Crippen LogP contribution is 2.17. The van der Waals surface area contributed by atoms with Gasteiger partial charge in [-0.25, -0.2) is 4.79 Å². The number of carbonyl (C=O) groups is 3. The molecule has 1 N–H and O–H groups in total. The van der Waals surface area contributed by atoms with Crippen molar-refractivity contribution in [3.8, 4) is 0 Å². The monoisotopic (exact) mass is 308 g/mol. The molecular weight excluding hydrogens is 292 g/mol. The number of hydrogen-bond donors (Lipinski definition) is 1. The molecule has 0 spiro atoms. The van der Waals surface area contributed by atoms with Crippen LogP contribution in [-0.2, 0) is 9.53 Å². The number of thioether (sulfide) groups is 1. The van der Waals surface area contributed by atoms with Gasteiger partial charge in [-0.2, -0.15) is 0 Å². The van der Waals surface area contributed by atoms with Crippen LogP contribution in [0.15, 0.2) is 24.3 Å². The molecule has 1 fully saturated rings. The van der Waals surface area contributed by atoms with Crippen LogP contribution < -0.4 is 5.32 Å². The molecule has 0 atom stereocenters. The Morgan fingerprint density at radius 3 is 2.90 bits per heavy atom. The molecule has 7 heteroatoms. The van der Waals surface area contributed by atoms with Crippen molar-refractivity contribution in [1.29, 1.82) is 0 Å². The lowest BCUT2D eigenvalue weighted by molar-refractivity contribution is -0.116. The Bertz CT molecular complexity index is 562. The van der Waals surface area contributed by atoms with E-state index in [0.717, 1.165) is 5.75 Å². The summed E-state index contributed by atoms with van der Waals surface area (Å²) in [6.45, 7) is 1.10. The summed E-state index contributed by atoms with van der Waals surface area (Å²) in [5.41, 5.74) is 0.909. The van der Waals surface area contributed by atoms with Crippen molar-refractivity contribution in [2.24, 2.45) is 0 Å². The lowest BCUT2D eigenvalue weighted by atomic mass is 10.2. The molecule has 0 radical (unpaired) electrons. The summed E-state index contributed by atoms with van der Waals surface area (Å²) in [5, 5.41) is 2.73. The highest BCUT2D eigenvalue weighted by molar-refractivity contribution is 8.13. The van der Waals surface area contributed by atoms with Gasteiger partial charge in [-0.05, 0) is 18.2 Å². The fourth-order valence-electron chi connectivity index (χ4n) is 1.93. The van der Waals surface area contributed by atoms with E-state index >= 15 is 0 Å². The molecule has 1 heterocycles. The molecule has 6 nitrogen and oxygen atoms in total. The number of benzene rings is 1. The highest BCUT2D eigenvalue weighted by Gasteiger charge is 2.21. The van der Waals surface area contributed by atoms with Gasteiger partial charge in [0.1, 0.15) is 0 Å². The zero-order valence-corrected chi connectivity index (χ0v) is 12.4. The molecule has 1 aliphatic rings. The van der Waals surface area contributed by atoms with Gasteiger partial charge in [-0.15, -0.1) is 0 Å². The van der Waals surface area contributed by atoms with Crippen LogP contribution in [0.25, 0.3) is 0 Å². The number of methoxy groups -OCH3 is 1. The predicted octanol–water partition coefficient (Wildman–Crippen LogP) is 1.97. The first kappa shape index (κ1) is 15.4. The first-order valence-electron chi connectivity index (χ1n) is 6.50. The van der Waals surface area contributed by atoms with Crippen LogP contribution in [0, 0.1) is 0 Å².